The van der Waals surface area contributed by atoms with Gasteiger partial charge in [-0.25, -0.2) is 4.39 Å². The summed E-state index contributed by atoms with van der Waals surface area (Å²) in [6.45, 7) is 2.31. The van der Waals surface area contributed by atoms with E-state index in [2.05, 4.69) is 4.99 Å². The molecular weight excluding hydrogens is 181 g/mol. The first-order valence-electron chi connectivity index (χ1n) is 4.55. The van der Waals surface area contributed by atoms with Crippen LogP contribution >= 0.6 is 0 Å². The molecule has 0 unspecified atom stereocenters. The molecule has 1 aromatic carbocycles. The van der Waals surface area contributed by atoms with E-state index in [9.17, 15) is 4.39 Å². The number of nitrogens with zero attached hydrogens (tertiary/aromatic N) is 2. The van der Waals surface area contributed by atoms with Gasteiger partial charge in [-0.1, -0.05) is 12.1 Å². The SMILES string of the molecule is NC1=NCCN1Cc1ccc(F)cc1. The van der Waals surface area contributed by atoms with Gasteiger partial charge in [0.2, 0.25) is 0 Å². The predicted octanol–water partition coefficient (Wildman–Crippen LogP) is 0.956. The lowest BCUT2D eigenvalue weighted by Crippen LogP contribution is -2.33. The van der Waals surface area contributed by atoms with E-state index in [0.717, 1.165) is 18.7 Å². The molecule has 0 bridgehead atoms. The van der Waals surface area contributed by atoms with Crippen molar-refractivity contribution in [3.8, 4) is 0 Å². The van der Waals surface area contributed by atoms with Gasteiger partial charge in [0.05, 0.1) is 6.54 Å². The van der Waals surface area contributed by atoms with Crippen LogP contribution in [-0.4, -0.2) is 23.9 Å². The van der Waals surface area contributed by atoms with Gasteiger partial charge >= 0.3 is 0 Å². The number of guanidine groups is 1. The van der Waals surface area contributed by atoms with Crippen LogP contribution < -0.4 is 5.73 Å². The Bertz CT molecular complexity index is 345. The van der Waals surface area contributed by atoms with E-state index in [-0.39, 0.29) is 5.82 Å². The minimum absolute atomic E-state index is 0.211. The van der Waals surface area contributed by atoms with Crippen molar-refractivity contribution < 1.29 is 4.39 Å². The molecule has 0 fully saturated rings. The summed E-state index contributed by atoms with van der Waals surface area (Å²) < 4.78 is 12.6. The van der Waals surface area contributed by atoms with Crippen LogP contribution in [0.15, 0.2) is 29.3 Å². The first-order chi connectivity index (χ1) is 6.75. The standard InChI is InChI=1S/C10H12FN3/c11-9-3-1-8(2-4-9)7-14-6-5-13-10(14)12/h1-4H,5-7H2,(H2,12,13). The Balaban J connectivity index is 2.04. The maximum atomic E-state index is 12.6. The van der Waals surface area contributed by atoms with Crippen LogP contribution in [0.1, 0.15) is 5.56 Å². The monoisotopic (exact) mass is 193 g/mol. The third-order valence-electron chi connectivity index (χ3n) is 2.25. The molecule has 0 saturated carbocycles. The Morgan fingerprint density at radius 3 is 2.64 bits per heavy atom. The van der Waals surface area contributed by atoms with Crippen LogP contribution in [0.2, 0.25) is 0 Å². The number of benzene rings is 1. The van der Waals surface area contributed by atoms with Crippen molar-refractivity contribution in [1.29, 1.82) is 0 Å². The maximum absolute atomic E-state index is 12.6. The molecule has 74 valence electrons. The van der Waals surface area contributed by atoms with E-state index in [1.54, 1.807) is 12.1 Å². The fourth-order valence-corrected chi connectivity index (χ4v) is 1.47. The van der Waals surface area contributed by atoms with Gasteiger partial charge in [-0.3, -0.25) is 4.99 Å². The molecule has 0 aromatic heterocycles. The summed E-state index contributed by atoms with van der Waals surface area (Å²) in [5.74, 6) is 0.367. The highest BCUT2D eigenvalue weighted by atomic mass is 19.1. The van der Waals surface area contributed by atoms with Gasteiger partial charge in [-0.15, -0.1) is 0 Å². The Kier molecular flexibility index (Phi) is 2.35. The molecule has 0 radical (unpaired) electrons. The normalized spacial score (nSPS) is 15.8. The smallest absolute Gasteiger partial charge is 0.191 e. The minimum atomic E-state index is -0.211. The lowest BCUT2D eigenvalue weighted by Gasteiger charge is -2.17. The van der Waals surface area contributed by atoms with Crippen LogP contribution in [0.4, 0.5) is 4.39 Å². The summed E-state index contributed by atoms with van der Waals surface area (Å²) in [6.07, 6.45) is 0. The summed E-state index contributed by atoms with van der Waals surface area (Å²) >= 11 is 0. The highest BCUT2D eigenvalue weighted by Gasteiger charge is 2.13. The lowest BCUT2D eigenvalue weighted by molar-refractivity contribution is 0.447. The summed E-state index contributed by atoms with van der Waals surface area (Å²) in [5.41, 5.74) is 6.71. The van der Waals surface area contributed by atoms with Crippen molar-refractivity contribution in [3.05, 3.63) is 35.6 Å². The molecule has 1 aliphatic heterocycles. The molecule has 1 aromatic rings. The topological polar surface area (TPSA) is 41.6 Å². The molecule has 0 saturated heterocycles. The Morgan fingerprint density at radius 2 is 2.07 bits per heavy atom. The van der Waals surface area contributed by atoms with Gasteiger partial charge in [0.15, 0.2) is 5.96 Å². The molecule has 4 heteroatoms. The van der Waals surface area contributed by atoms with Crippen molar-refractivity contribution in [2.24, 2.45) is 10.7 Å². The first kappa shape index (κ1) is 8.99. The van der Waals surface area contributed by atoms with Crippen LogP contribution in [0.5, 0.6) is 0 Å². The van der Waals surface area contributed by atoms with Gasteiger partial charge in [-0.2, -0.15) is 0 Å². The molecule has 0 aliphatic carbocycles. The molecule has 14 heavy (non-hydrogen) atoms. The van der Waals surface area contributed by atoms with Gasteiger partial charge in [0, 0.05) is 13.1 Å². The average Bonchev–Trinajstić information content (AvgIpc) is 2.56. The van der Waals surface area contributed by atoms with Crippen LogP contribution in [0.3, 0.4) is 0 Å². The third-order valence-corrected chi connectivity index (χ3v) is 2.25. The summed E-state index contributed by atoms with van der Waals surface area (Å²) in [6, 6.07) is 6.44. The fourth-order valence-electron chi connectivity index (χ4n) is 1.47. The molecule has 2 N–H and O–H groups in total. The highest BCUT2D eigenvalue weighted by molar-refractivity contribution is 5.79. The second-order valence-electron chi connectivity index (χ2n) is 3.29. The molecule has 1 heterocycles. The Hall–Kier alpha value is -1.58. The van der Waals surface area contributed by atoms with E-state index in [1.807, 2.05) is 4.90 Å². The molecule has 3 nitrogen and oxygen atoms in total. The lowest BCUT2D eigenvalue weighted by atomic mass is 10.2. The molecule has 1 aliphatic rings. The van der Waals surface area contributed by atoms with E-state index in [1.165, 1.54) is 12.1 Å². The second kappa shape index (κ2) is 3.65. The van der Waals surface area contributed by atoms with E-state index >= 15 is 0 Å². The van der Waals surface area contributed by atoms with Gasteiger partial charge < -0.3 is 10.6 Å². The van der Waals surface area contributed by atoms with Gasteiger partial charge in [0.1, 0.15) is 5.82 Å². The second-order valence-corrected chi connectivity index (χ2v) is 3.29. The molecular formula is C10H12FN3. The van der Waals surface area contributed by atoms with Crippen molar-refractivity contribution >= 4 is 5.96 Å². The van der Waals surface area contributed by atoms with Crippen molar-refractivity contribution in [2.75, 3.05) is 13.1 Å². The van der Waals surface area contributed by atoms with Crippen molar-refractivity contribution in [3.63, 3.8) is 0 Å². The number of aliphatic imine (C=N–C) groups is 1. The van der Waals surface area contributed by atoms with Crippen molar-refractivity contribution in [2.45, 2.75) is 6.54 Å². The van der Waals surface area contributed by atoms with Crippen LogP contribution in [0.25, 0.3) is 0 Å². The quantitative estimate of drug-likeness (QED) is 0.760. The summed E-state index contributed by atoms with van der Waals surface area (Å²) in [4.78, 5) is 6.06. The van der Waals surface area contributed by atoms with E-state index < -0.39 is 0 Å². The number of nitrogens with two attached hydrogens (primary N) is 1. The van der Waals surface area contributed by atoms with Gasteiger partial charge in [0.25, 0.3) is 0 Å². The number of hydrogen-bond acceptors (Lipinski definition) is 3. The number of hydrogen-bond donors (Lipinski definition) is 1. The summed E-state index contributed by atoms with van der Waals surface area (Å²) in [5, 5.41) is 0. The van der Waals surface area contributed by atoms with Crippen molar-refractivity contribution in [1.82, 2.24) is 4.90 Å². The van der Waals surface area contributed by atoms with E-state index in [0.29, 0.717) is 12.5 Å². The average molecular weight is 193 g/mol. The maximum Gasteiger partial charge on any atom is 0.191 e. The minimum Gasteiger partial charge on any atom is -0.370 e. The highest BCUT2D eigenvalue weighted by Crippen LogP contribution is 2.08. The third kappa shape index (κ3) is 1.84. The molecule has 0 atom stereocenters. The molecule has 2 rings (SSSR count). The zero-order valence-electron chi connectivity index (χ0n) is 7.78. The molecule has 0 amide bonds. The van der Waals surface area contributed by atoms with Crippen LogP contribution in [0, 0.1) is 5.82 Å². The fraction of sp³-hybridized carbons (Fsp3) is 0.300. The number of halogens is 1. The number of rotatable bonds is 2. The summed E-state index contributed by atoms with van der Waals surface area (Å²) in [7, 11) is 0. The van der Waals surface area contributed by atoms with Gasteiger partial charge in [-0.05, 0) is 17.7 Å². The zero-order chi connectivity index (χ0) is 9.97. The molecule has 0 spiro atoms. The Labute approximate surface area is 82.0 Å². The first-order valence-corrected chi connectivity index (χ1v) is 4.55. The Morgan fingerprint density at radius 1 is 1.36 bits per heavy atom. The zero-order valence-corrected chi connectivity index (χ0v) is 7.78. The largest absolute Gasteiger partial charge is 0.370 e. The van der Waals surface area contributed by atoms with Crippen LogP contribution in [-0.2, 0) is 6.54 Å². The van der Waals surface area contributed by atoms with E-state index in [4.69, 9.17) is 5.73 Å². The predicted molar refractivity (Wildman–Crippen MR) is 53.3 cm³/mol.